The van der Waals surface area contributed by atoms with E-state index in [1.165, 1.54) is 0 Å². The predicted octanol–water partition coefficient (Wildman–Crippen LogP) is 1.60. The van der Waals surface area contributed by atoms with Gasteiger partial charge in [-0.1, -0.05) is 0 Å². The summed E-state index contributed by atoms with van der Waals surface area (Å²) in [4.78, 5) is 19.0. The Labute approximate surface area is 134 Å². The molecule has 1 unspecified atom stereocenters. The van der Waals surface area contributed by atoms with Crippen molar-refractivity contribution >= 4 is 11.7 Å². The van der Waals surface area contributed by atoms with E-state index in [0.717, 1.165) is 38.2 Å². The van der Waals surface area contributed by atoms with E-state index < -0.39 is 0 Å². The summed E-state index contributed by atoms with van der Waals surface area (Å²) < 4.78 is 7.46. The fourth-order valence-corrected chi connectivity index (χ4v) is 3.04. The maximum atomic E-state index is 12.4. The Balaban J connectivity index is 1.39. The molecule has 3 heterocycles. The molecule has 2 aliphatic rings. The van der Waals surface area contributed by atoms with Crippen LogP contribution in [0.1, 0.15) is 47.3 Å². The Morgan fingerprint density at radius 1 is 1.39 bits per heavy atom. The van der Waals surface area contributed by atoms with Gasteiger partial charge in [0.15, 0.2) is 11.7 Å². The van der Waals surface area contributed by atoms with Crippen molar-refractivity contribution in [3.05, 3.63) is 29.6 Å². The maximum Gasteiger partial charge on any atom is 0.289 e. The highest BCUT2D eigenvalue weighted by Gasteiger charge is 2.32. The van der Waals surface area contributed by atoms with Gasteiger partial charge in [-0.2, -0.15) is 5.10 Å². The van der Waals surface area contributed by atoms with Gasteiger partial charge in [-0.15, -0.1) is 0 Å². The Morgan fingerprint density at radius 2 is 2.22 bits per heavy atom. The first kappa shape index (κ1) is 14.3. The monoisotopic (exact) mass is 315 g/mol. The topological polar surface area (TPSA) is 76.2 Å². The van der Waals surface area contributed by atoms with Crippen molar-refractivity contribution in [3.63, 3.8) is 0 Å². The molecule has 1 aliphatic carbocycles. The van der Waals surface area contributed by atoms with Crippen molar-refractivity contribution in [2.45, 2.75) is 38.1 Å². The van der Waals surface area contributed by atoms with Crippen LogP contribution in [0.4, 0.5) is 5.82 Å². The summed E-state index contributed by atoms with van der Waals surface area (Å²) >= 11 is 0. The third kappa shape index (κ3) is 2.83. The zero-order valence-corrected chi connectivity index (χ0v) is 13.5. The Hall–Kier alpha value is -2.31. The molecular formula is C16H21N5O2. The van der Waals surface area contributed by atoms with E-state index in [2.05, 4.69) is 20.3 Å². The van der Waals surface area contributed by atoms with Gasteiger partial charge < -0.3 is 14.6 Å². The highest BCUT2D eigenvalue weighted by Crippen LogP contribution is 2.40. The number of hydrogen-bond donors (Lipinski definition) is 1. The van der Waals surface area contributed by atoms with Crippen LogP contribution in [0, 0.1) is 6.92 Å². The molecule has 2 fully saturated rings. The molecule has 0 bridgehead atoms. The Bertz CT molecular complexity index is 731. The van der Waals surface area contributed by atoms with Gasteiger partial charge in [0.2, 0.25) is 5.76 Å². The molecule has 122 valence electrons. The van der Waals surface area contributed by atoms with Gasteiger partial charge >= 0.3 is 0 Å². The average Bonchev–Trinajstić information content (AvgIpc) is 2.92. The lowest BCUT2D eigenvalue weighted by Crippen LogP contribution is -2.37. The van der Waals surface area contributed by atoms with Gasteiger partial charge in [-0.3, -0.25) is 9.48 Å². The fraction of sp³-hybridized carbons (Fsp3) is 0.562. The highest BCUT2D eigenvalue weighted by atomic mass is 16.4. The van der Waals surface area contributed by atoms with Gasteiger partial charge in [-0.25, -0.2) is 4.98 Å². The van der Waals surface area contributed by atoms with Crippen molar-refractivity contribution in [1.29, 1.82) is 0 Å². The van der Waals surface area contributed by atoms with Crippen LogP contribution in [-0.2, 0) is 7.05 Å². The van der Waals surface area contributed by atoms with Crippen molar-refractivity contribution in [1.82, 2.24) is 20.1 Å². The number of anilines is 1. The minimum atomic E-state index is -0.158. The van der Waals surface area contributed by atoms with Crippen LogP contribution in [0.15, 0.2) is 16.7 Å². The number of carbonyl (C=O) groups is 1. The molecule has 2 aromatic heterocycles. The second-order valence-electron chi connectivity index (χ2n) is 6.49. The van der Waals surface area contributed by atoms with E-state index in [4.69, 9.17) is 4.42 Å². The maximum absolute atomic E-state index is 12.4. The van der Waals surface area contributed by atoms with Crippen LogP contribution < -0.4 is 10.2 Å². The standard InChI is InChI=1S/C16H21N5O2/c1-10-14(23-16(17-10)11-3-4-11)15(22)18-12-5-8-21(9-12)13-6-7-20(2)19-13/h6-7,11-12H,3-5,8-9H2,1-2H3,(H,18,22). The van der Waals surface area contributed by atoms with Gasteiger partial charge in [0, 0.05) is 44.4 Å². The molecule has 1 saturated carbocycles. The van der Waals surface area contributed by atoms with E-state index >= 15 is 0 Å². The van der Waals surface area contributed by atoms with E-state index in [-0.39, 0.29) is 11.9 Å². The van der Waals surface area contributed by atoms with Crippen molar-refractivity contribution in [2.24, 2.45) is 7.05 Å². The van der Waals surface area contributed by atoms with Crippen molar-refractivity contribution in [3.8, 4) is 0 Å². The minimum absolute atomic E-state index is 0.110. The first-order valence-electron chi connectivity index (χ1n) is 8.13. The number of hydrogen-bond acceptors (Lipinski definition) is 5. The molecule has 2 aromatic rings. The zero-order chi connectivity index (χ0) is 16.0. The number of rotatable bonds is 4. The van der Waals surface area contributed by atoms with Gasteiger partial charge in [0.1, 0.15) is 0 Å². The third-order valence-corrected chi connectivity index (χ3v) is 4.49. The first-order chi connectivity index (χ1) is 11.1. The van der Waals surface area contributed by atoms with Gasteiger partial charge in [-0.05, 0) is 26.2 Å². The lowest BCUT2D eigenvalue weighted by Gasteiger charge is -2.15. The molecule has 0 aromatic carbocycles. The third-order valence-electron chi connectivity index (χ3n) is 4.49. The van der Waals surface area contributed by atoms with E-state index in [1.807, 2.05) is 26.2 Å². The Morgan fingerprint density at radius 3 is 2.91 bits per heavy atom. The normalized spacial score (nSPS) is 21.0. The minimum Gasteiger partial charge on any atom is -0.435 e. The molecular weight excluding hydrogens is 294 g/mol. The van der Waals surface area contributed by atoms with Crippen LogP contribution in [0.2, 0.25) is 0 Å². The van der Waals surface area contributed by atoms with E-state index in [9.17, 15) is 4.79 Å². The van der Waals surface area contributed by atoms with Crippen molar-refractivity contribution < 1.29 is 9.21 Å². The zero-order valence-electron chi connectivity index (χ0n) is 13.5. The molecule has 23 heavy (non-hydrogen) atoms. The fourth-order valence-electron chi connectivity index (χ4n) is 3.04. The SMILES string of the molecule is Cc1nc(C2CC2)oc1C(=O)NC1CCN(c2ccn(C)n2)C1. The predicted molar refractivity (Wildman–Crippen MR) is 84.5 cm³/mol. The molecule has 0 radical (unpaired) electrons. The van der Waals surface area contributed by atoms with Crippen LogP contribution in [0.3, 0.4) is 0 Å². The molecule has 7 heteroatoms. The second kappa shape index (κ2) is 5.40. The summed E-state index contributed by atoms with van der Waals surface area (Å²) in [6.45, 7) is 3.50. The second-order valence-corrected chi connectivity index (χ2v) is 6.49. The number of aryl methyl sites for hydroxylation is 2. The molecule has 7 nitrogen and oxygen atoms in total. The number of nitrogens with one attached hydrogen (secondary N) is 1. The molecule has 1 amide bonds. The largest absolute Gasteiger partial charge is 0.435 e. The molecule has 1 atom stereocenters. The summed E-state index contributed by atoms with van der Waals surface area (Å²) in [6.07, 6.45) is 5.06. The van der Waals surface area contributed by atoms with Gasteiger partial charge in [0.05, 0.1) is 5.69 Å². The number of oxazole rings is 1. The van der Waals surface area contributed by atoms with Gasteiger partial charge in [0.25, 0.3) is 5.91 Å². The number of carbonyl (C=O) groups excluding carboxylic acids is 1. The summed E-state index contributed by atoms with van der Waals surface area (Å²) in [5, 5.41) is 7.48. The highest BCUT2D eigenvalue weighted by molar-refractivity contribution is 5.92. The Kier molecular flexibility index (Phi) is 3.36. The van der Waals surface area contributed by atoms with Crippen LogP contribution in [-0.4, -0.2) is 39.8 Å². The average molecular weight is 315 g/mol. The van der Waals surface area contributed by atoms with Crippen LogP contribution >= 0.6 is 0 Å². The lowest BCUT2D eigenvalue weighted by molar-refractivity contribution is 0.0909. The number of nitrogens with zero attached hydrogens (tertiary/aromatic N) is 4. The van der Waals surface area contributed by atoms with E-state index in [1.54, 1.807) is 4.68 Å². The first-order valence-corrected chi connectivity index (χ1v) is 8.13. The quantitative estimate of drug-likeness (QED) is 0.927. The smallest absolute Gasteiger partial charge is 0.289 e. The van der Waals surface area contributed by atoms with Crippen molar-refractivity contribution in [2.75, 3.05) is 18.0 Å². The van der Waals surface area contributed by atoms with E-state index in [0.29, 0.717) is 23.3 Å². The van der Waals surface area contributed by atoms with Crippen LogP contribution in [0.25, 0.3) is 0 Å². The number of aromatic nitrogens is 3. The van der Waals surface area contributed by atoms with Crippen LogP contribution in [0.5, 0.6) is 0 Å². The summed E-state index contributed by atoms with van der Waals surface area (Å²) in [6, 6.07) is 2.10. The molecule has 4 rings (SSSR count). The lowest BCUT2D eigenvalue weighted by atomic mass is 10.2. The summed E-state index contributed by atoms with van der Waals surface area (Å²) in [7, 11) is 1.91. The summed E-state index contributed by atoms with van der Waals surface area (Å²) in [5.41, 5.74) is 0.684. The molecule has 0 spiro atoms. The number of amides is 1. The molecule has 1 aliphatic heterocycles. The molecule has 1 saturated heterocycles. The summed E-state index contributed by atoms with van der Waals surface area (Å²) in [5.74, 6) is 2.30. The molecule has 1 N–H and O–H groups in total.